The van der Waals surface area contributed by atoms with Crippen LogP contribution in [-0.4, -0.2) is 25.5 Å². The summed E-state index contributed by atoms with van der Waals surface area (Å²) in [5.41, 5.74) is 3.05. The lowest BCUT2D eigenvalue weighted by molar-refractivity contribution is 0.102. The Morgan fingerprint density at radius 1 is 1.06 bits per heavy atom. The molecule has 33 heavy (non-hydrogen) atoms. The third-order valence-corrected chi connectivity index (χ3v) is 5.87. The summed E-state index contributed by atoms with van der Waals surface area (Å²) >= 11 is 11.9. The predicted octanol–water partition coefficient (Wildman–Crippen LogP) is 5.03. The number of rotatable bonds is 4. The minimum Gasteiger partial charge on any atom is -0.505 e. The summed E-state index contributed by atoms with van der Waals surface area (Å²) in [7, 11) is 0. The lowest BCUT2D eigenvalue weighted by Crippen LogP contribution is -2.26. The first-order chi connectivity index (χ1) is 15.7. The zero-order valence-electron chi connectivity index (χ0n) is 18.1. The van der Waals surface area contributed by atoms with Crippen molar-refractivity contribution in [2.24, 2.45) is 0 Å². The third kappa shape index (κ3) is 4.42. The molecule has 0 aliphatic carbocycles. The maximum Gasteiger partial charge on any atom is 0.263 e. The molecule has 0 saturated heterocycles. The second kappa shape index (κ2) is 8.84. The number of hydrogen-bond acceptors (Lipinski definition) is 5. The van der Waals surface area contributed by atoms with Crippen LogP contribution in [0.15, 0.2) is 47.3 Å². The molecule has 1 amide bonds. The van der Waals surface area contributed by atoms with Crippen LogP contribution in [0.5, 0.6) is 5.75 Å². The summed E-state index contributed by atoms with van der Waals surface area (Å²) in [5.74, 6) is -0.293. The molecule has 7 nitrogen and oxygen atoms in total. The van der Waals surface area contributed by atoms with Crippen LogP contribution >= 0.6 is 23.2 Å². The van der Waals surface area contributed by atoms with Crippen molar-refractivity contribution in [2.75, 3.05) is 5.32 Å². The van der Waals surface area contributed by atoms with Gasteiger partial charge in [-0.3, -0.25) is 19.1 Å². The average molecular weight is 483 g/mol. The van der Waals surface area contributed by atoms with E-state index in [-0.39, 0.29) is 38.8 Å². The summed E-state index contributed by atoms with van der Waals surface area (Å²) in [6.45, 7) is 5.75. The molecule has 0 radical (unpaired) electrons. The quantitative estimate of drug-likeness (QED) is 0.425. The van der Waals surface area contributed by atoms with E-state index in [1.54, 1.807) is 19.1 Å². The number of phenols is 1. The highest BCUT2D eigenvalue weighted by atomic mass is 35.5. The van der Waals surface area contributed by atoms with Crippen LogP contribution in [0.1, 0.15) is 33.1 Å². The van der Waals surface area contributed by atoms with E-state index in [4.69, 9.17) is 23.2 Å². The topological polar surface area (TPSA) is 97.1 Å². The van der Waals surface area contributed by atoms with Gasteiger partial charge in [-0.2, -0.15) is 0 Å². The van der Waals surface area contributed by atoms with Crippen LogP contribution in [0, 0.1) is 20.8 Å². The second-order valence-corrected chi connectivity index (χ2v) is 8.53. The maximum atomic E-state index is 13.6. The number of nitrogens with zero attached hydrogens (tertiary/aromatic N) is 3. The number of aromatic nitrogens is 3. The van der Waals surface area contributed by atoms with Gasteiger partial charge in [-0.1, -0.05) is 35.3 Å². The lowest BCUT2D eigenvalue weighted by Gasteiger charge is -2.15. The van der Waals surface area contributed by atoms with E-state index in [1.807, 2.05) is 32.0 Å². The van der Waals surface area contributed by atoms with Crippen LogP contribution in [0.2, 0.25) is 10.0 Å². The van der Waals surface area contributed by atoms with Gasteiger partial charge in [0.1, 0.15) is 5.82 Å². The van der Waals surface area contributed by atoms with Gasteiger partial charge in [0.25, 0.3) is 11.5 Å². The van der Waals surface area contributed by atoms with Crippen molar-refractivity contribution in [3.63, 3.8) is 0 Å². The number of nitrogens with one attached hydrogen (secondary N) is 1. The molecule has 4 aromatic rings. The molecular formula is C24H20Cl2N4O3. The fourth-order valence-corrected chi connectivity index (χ4v) is 4.08. The van der Waals surface area contributed by atoms with E-state index in [0.717, 1.165) is 17.0 Å². The zero-order chi connectivity index (χ0) is 23.9. The Kier molecular flexibility index (Phi) is 6.10. The monoisotopic (exact) mass is 482 g/mol. The number of hydrogen-bond donors (Lipinski definition) is 2. The summed E-state index contributed by atoms with van der Waals surface area (Å²) in [6, 6.07) is 11.7. The van der Waals surface area contributed by atoms with Crippen LogP contribution in [0.4, 0.5) is 5.69 Å². The van der Waals surface area contributed by atoms with Gasteiger partial charge in [0.05, 0.1) is 38.9 Å². The molecule has 2 aromatic carbocycles. The predicted molar refractivity (Wildman–Crippen MR) is 130 cm³/mol. The van der Waals surface area contributed by atoms with Gasteiger partial charge in [0.2, 0.25) is 0 Å². The first-order valence-corrected chi connectivity index (χ1v) is 10.8. The highest BCUT2D eigenvalue weighted by Crippen LogP contribution is 2.33. The Morgan fingerprint density at radius 2 is 1.76 bits per heavy atom. The molecule has 168 valence electrons. The van der Waals surface area contributed by atoms with Crippen molar-refractivity contribution in [3.8, 4) is 5.75 Å². The van der Waals surface area contributed by atoms with Crippen LogP contribution in [0.25, 0.3) is 10.9 Å². The van der Waals surface area contributed by atoms with Crippen molar-refractivity contribution in [2.45, 2.75) is 27.3 Å². The molecule has 2 N–H and O–H groups in total. The van der Waals surface area contributed by atoms with E-state index in [1.165, 1.54) is 16.7 Å². The average Bonchev–Trinajstić information content (AvgIpc) is 2.76. The van der Waals surface area contributed by atoms with Crippen molar-refractivity contribution < 1.29 is 9.90 Å². The summed E-state index contributed by atoms with van der Waals surface area (Å²) in [5, 5.41) is 12.7. The Morgan fingerprint density at radius 3 is 2.42 bits per heavy atom. The number of amides is 1. The Bertz CT molecular complexity index is 1460. The third-order valence-electron chi connectivity index (χ3n) is 5.30. The van der Waals surface area contributed by atoms with Crippen molar-refractivity contribution in [1.29, 1.82) is 0 Å². The number of halogens is 2. The molecule has 0 spiro atoms. The number of benzene rings is 2. The number of fused-ring (bicyclic) bond motifs is 1. The number of carbonyl (C=O) groups excluding carboxylic acids is 1. The van der Waals surface area contributed by atoms with E-state index >= 15 is 0 Å². The lowest BCUT2D eigenvalue weighted by atomic mass is 10.1. The molecule has 2 aromatic heterocycles. The zero-order valence-corrected chi connectivity index (χ0v) is 19.6. The molecule has 0 saturated carbocycles. The highest BCUT2D eigenvalue weighted by Gasteiger charge is 2.18. The Balaban J connectivity index is 1.81. The molecule has 0 aliphatic rings. The van der Waals surface area contributed by atoms with Gasteiger partial charge >= 0.3 is 0 Å². The Labute approximate surface area is 199 Å². The summed E-state index contributed by atoms with van der Waals surface area (Å²) in [4.78, 5) is 35.6. The van der Waals surface area contributed by atoms with Gasteiger partial charge in [-0.05, 0) is 56.7 Å². The number of aromatic hydroxyl groups is 1. The Hall–Kier alpha value is -3.42. The molecule has 0 aliphatic heterocycles. The molecule has 4 rings (SSSR count). The fraction of sp³-hybridized carbons (Fsp3) is 0.167. The molecule has 0 unspecified atom stereocenters. The van der Waals surface area contributed by atoms with Crippen molar-refractivity contribution in [1.82, 2.24) is 14.5 Å². The molecule has 0 fully saturated rings. The number of carbonyl (C=O) groups is 1. The standard InChI is InChI=1S/C24H20Cl2N4O3/c1-12-7-8-19(29-23(32)15-9-17(25)22(31)18(26)10-15)20-21(12)28-14(3)30(24(20)33)11-16-6-4-5-13(2)27-16/h4-10,31H,11H2,1-3H3,(H,29,32). The highest BCUT2D eigenvalue weighted by molar-refractivity contribution is 6.37. The van der Waals surface area contributed by atoms with Gasteiger partial charge in [0, 0.05) is 11.3 Å². The first-order valence-electron chi connectivity index (χ1n) is 10.1. The molecule has 2 heterocycles. The molecule has 0 atom stereocenters. The maximum absolute atomic E-state index is 13.6. The summed E-state index contributed by atoms with van der Waals surface area (Å²) in [6.07, 6.45) is 0. The number of pyridine rings is 1. The van der Waals surface area contributed by atoms with Crippen molar-refractivity contribution in [3.05, 3.63) is 91.2 Å². The van der Waals surface area contributed by atoms with Gasteiger partial charge in [-0.15, -0.1) is 0 Å². The fourth-order valence-electron chi connectivity index (χ4n) is 3.59. The van der Waals surface area contributed by atoms with Gasteiger partial charge in [-0.25, -0.2) is 4.98 Å². The first kappa shape index (κ1) is 22.8. The summed E-state index contributed by atoms with van der Waals surface area (Å²) < 4.78 is 1.54. The SMILES string of the molecule is Cc1cccc(Cn2c(C)nc3c(C)ccc(NC(=O)c4cc(Cl)c(O)c(Cl)c4)c3c2=O)n1. The minimum absolute atomic E-state index is 0.0493. The normalized spacial score (nSPS) is 11.1. The molecule has 0 bridgehead atoms. The minimum atomic E-state index is -0.532. The number of aryl methyl sites for hydroxylation is 3. The number of anilines is 1. The van der Waals surface area contributed by atoms with Gasteiger partial charge < -0.3 is 10.4 Å². The van der Waals surface area contributed by atoms with Crippen LogP contribution in [-0.2, 0) is 6.54 Å². The van der Waals surface area contributed by atoms with Crippen molar-refractivity contribution >= 4 is 45.7 Å². The van der Waals surface area contributed by atoms with E-state index < -0.39 is 5.91 Å². The van der Waals surface area contributed by atoms with Gasteiger partial charge in [0.15, 0.2) is 5.75 Å². The van der Waals surface area contributed by atoms with Crippen LogP contribution < -0.4 is 10.9 Å². The van der Waals surface area contributed by atoms with E-state index in [0.29, 0.717) is 17.0 Å². The van der Waals surface area contributed by atoms with E-state index in [2.05, 4.69) is 15.3 Å². The molecular weight excluding hydrogens is 463 g/mol. The number of phenolic OH excluding ortho intramolecular Hbond substituents is 1. The second-order valence-electron chi connectivity index (χ2n) is 7.72. The largest absolute Gasteiger partial charge is 0.505 e. The smallest absolute Gasteiger partial charge is 0.263 e. The van der Waals surface area contributed by atoms with E-state index in [9.17, 15) is 14.7 Å². The molecule has 9 heteroatoms. The van der Waals surface area contributed by atoms with Crippen LogP contribution in [0.3, 0.4) is 0 Å².